The minimum absolute atomic E-state index is 0.401. The second kappa shape index (κ2) is 0.862. The zero-order valence-electron chi connectivity index (χ0n) is 4.73. The molecule has 0 aromatic carbocycles. The van der Waals surface area contributed by atoms with Crippen molar-refractivity contribution < 1.29 is 0 Å². The van der Waals surface area contributed by atoms with Gasteiger partial charge in [0.2, 0.25) is 0 Å². The summed E-state index contributed by atoms with van der Waals surface area (Å²) < 4.78 is 0. The molecule has 0 aliphatic heterocycles. The van der Waals surface area contributed by atoms with Crippen LogP contribution in [0, 0.1) is 17.8 Å². The molecule has 0 amide bonds. The first kappa shape index (κ1) is 4.16. The molecule has 2 atom stereocenters. The normalized spacial score (nSPS) is 73.9. The molecule has 0 nitrogen and oxygen atoms in total. The van der Waals surface area contributed by atoms with Crippen LogP contribution in [-0.2, 0) is 0 Å². The smallest absolute Gasteiger partial charge is 0.0544 e. The van der Waals surface area contributed by atoms with Crippen LogP contribution in [0.3, 0.4) is 0 Å². The van der Waals surface area contributed by atoms with E-state index in [2.05, 4.69) is 0 Å². The van der Waals surface area contributed by atoms with E-state index in [0.717, 1.165) is 17.8 Å². The summed E-state index contributed by atoms with van der Waals surface area (Å²) in [6.45, 7) is 0. The summed E-state index contributed by atoms with van der Waals surface area (Å²) in [5.41, 5.74) is 0. The van der Waals surface area contributed by atoms with Gasteiger partial charge in [0.05, 0.1) is 4.87 Å². The van der Waals surface area contributed by atoms with Crippen LogP contribution < -0.4 is 0 Å². The van der Waals surface area contributed by atoms with E-state index in [-0.39, 0.29) is 0 Å². The first-order chi connectivity index (χ1) is 3.85. The molecule has 3 aliphatic carbocycles. The van der Waals surface area contributed by atoms with Crippen molar-refractivity contribution in [1.29, 1.82) is 0 Å². The molecule has 0 bridgehead atoms. The Kier molecular flexibility index (Phi) is 0.448. The highest BCUT2D eigenvalue weighted by Crippen LogP contribution is 2.85. The molecule has 1 heteroatoms. The fourth-order valence-corrected chi connectivity index (χ4v) is 3.42. The molecule has 0 N–H and O–H groups in total. The number of fused-ring (bicyclic) bond motifs is 2. The van der Waals surface area contributed by atoms with Gasteiger partial charge in [-0.3, -0.25) is 0 Å². The molecule has 44 valence electrons. The van der Waals surface area contributed by atoms with Crippen molar-refractivity contribution in [3.8, 4) is 0 Å². The summed E-state index contributed by atoms with van der Waals surface area (Å²) in [4.78, 5) is 0.401. The molecule has 0 spiro atoms. The Morgan fingerprint density at radius 2 is 1.75 bits per heavy atom. The van der Waals surface area contributed by atoms with Gasteiger partial charge < -0.3 is 0 Å². The quantitative estimate of drug-likeness (QED) is 0.438. The van der Waals surface area contributed by atoms with Crippen molar-refractivity contribution in [3.05, 3.63) is 0 Å². The van der Waals surface area contributed by atoms with Gasteiger partial charge in [0, 0.05) is 0 Å². The Labute approximate surface area is 54.2 Å². The second-order valence-electron chi connectivity index (χ2n) is 3.50. The van der Waals surface area contributed by atoms with Crippen molar-refractivity contribution in [1.82, 2.24) is 0 Å². The molecule has 3 aliphatic rings. The highest BCUT2D eigenvalue weighted by Gasteiger charge is 2.86. The SMILES string of the molecule is ClC12C3CCCC1C32. The van der Waals surface area contributed by atoms with Gasteiger partial charge in [0.25, 0.3) is 0 Å². The lowest BCUT2D eigenvalue weighted by Crippen LogP contribution is -2.14. The van der Waals surface area contributed by atoms with E-state index in [1.165, 1.54) is 19.3 Å². The fourth-order valence-electron chi connectivity index (χ4n) is 2.75. The van der Waals surface area contributed by atoms with E-state index < -0.39 is 0 Å². The van der Waals surface area contributed by atoms with Crippen molar-refractivity contribution in [2.45, 2.75) is 24.1 Å². The summed E-state index contributed by atoms with van der Waals surface area (Å²) in [5.74, 6) is 2.95. The van der Waals surface area contributed by atoms with Gasteiger partial charge in [0.1, 0.15) is 0 Å². The maximum Gasteiger partial charge on any atom is 0.0544 e. The highest BCUT2D eigenvalue weighted by atomic mass is 35.5. The van der Waals surface area contributed by atoms with Gasteiger partial charge in [-0.15, -0.1) is 11.6 Å². The van der Waals surface area contributed by atoms with Gasteiger partial charge in [0.15, 0.2) is 0 Å². The van der Waals surface area contributed by atoms with E-state index in [1.54, 1.807) is 0 Å². The van der Waals surface area contributed by atoms with E-state index in [0.29, 0.717) is 4.87 Å². The van der Waals surface area contributed by atoms with Crippen molar-refractivity contribution in [2.75, 3.05) is 0 Å². The molecular formula is C7H9Cl. The molecule has 3 fully saturated rings. The first-order valence-corrected chi connectivity index (χ1v) is 3.92. The molecule has 8 heavy (non-hydrogen) atoms. The standard InChI is InChI=1S/C7H9Cl/c8-7-4-2-1-3-5(7)6(4)7/h4-6H,1-3H2. The largest absolute Gasteiger partial charge is 0.118 e. The van der Waals surface area contributed by atoms with Gasteiger partial charge >= 0.3 is 0 Å². The van der Waals surface area contributed by atoms with E-state index in [9.17, 15) is 0 Å². The molecule has 0 saturated heterocycles. The zero-order valence-corrected chi connectivity index (χ0v) is 5.49. The number of alkyl halides is 1. The van der Waals surface area contributed by atoms with Crippen LogP contribution in [-0.4, -0.2) is 4.87 Å². The third-order valence-corrected chi connectivity index (χ3v) is 4.14. The average molecular weight is 129 g/mol. The Hall–Kier alpha value is 0.290. The lowest BCUT2D eigenvalue weighted by molar-refractivity contribution is 0.348. The average Bonchev–Trinajstić information content (AvgIpc) is 2.60. The van der Waals surface area contributed by atoms with Crippen LogP contribution in [0.5, 0.6) is 0 Å². The third-order valence-electron chi connectivity index (χ3n) is 3.33. The Morgan fingerprint density at radius 1 is 1.25 bits per heavy atom. The number of hydrogen-bond acceptors (Lipinski definition) is 0. The predicted molar refractivity (Wildman–Crippen MR) is 32.9 cm³/mol. The minimum atomic E-state index is 0.401. The zero-order chi connectivity index (χ0) is 5.35. The first-order valence-electron chi connectivity index (χ1n) is 3.54. The van der Waals surface area contributed by atoms with Crippen LogP contribution in [0.4, 0.5) is 0 Å². The highest BCUT2D eigenvalue weighted by molar-refractivity contribution is 6.30. The molecule has 0 aromatic rings. The summed E-state index contributed by atoms with van der Waals surface area (Å²) >= 11 is 6.18. The second-order valence-corrected chi connectivity index (χ2v) is 4.15. The van der Waals surface area contributed by atoms with Crippen LogP contribution in [0.2, 0.25) is 0 Å². The minimum Gasteiger partial charge on any atom is -0.118 e. The summed E-state index contributed by atoms with van der Waals surface area (Å²) in [7, 11) is 0. The van der Waals surface area contributed by atoms with Crippen LogP contribution >= 0.6 is 11.6 Å². The third kappa shape index (κ3) is 0.220. The van der Waals surface area contributed by atoms with Crippen LogP contribution in [0.25, 0.3) is 0 Å². The number of hydrogen-bond donors (Lipinski definition) is 0. The van der Waals surface area contributed by atoms with Gasteiger partial charge in [-0.1, -0.05) is 6.42 Å². The molecule has 0 radical (unpaired) electrons. The van der Waals surface area contributed by atoms with Crippen molar-refractivity contribution >= 4 is 11.6 Å². The Morgan fingerprint density at radius 3 is 2.00 bits per heavy atom. The predicted octanol–water partition coefficient (Wildman–Crippen LogP) is 2.02. The number of halogens is 1. The molecule has 3 saturated carbocycles. The van der Waals surface area contributed by atoms with Crippen molar-refractivity contribution in [3.63, 3.8) is 0 Å². The Balaban J connectivity index is 1.97. The fraction of sp³-hybridized carbons (Fsp3) is 1.00. The summed E-state index contributed by atoms with van der Waals surface area (Å²) in [5, 5.41) is 0. The maximum atomic E-state index is 6.18. The summed E-state index contributed by atoms with van der Waals surface area (Å²) in [6.07, 6.45) is 4.33. The van der Waals surface area contributed by atoms with E-state index in [4.69, 9.17) is 11.6 Å². The maximum absolute atomic E-state index is 6.18. The van der Waals surface area contributed by atoms with Gasteiger partial charge in [-0.05, 0) is 30.6 Å². The lowest BCUT2D eigenvalue weighted by atomic mass is 9.88. The molecular weight excluding hydrogens is 120 g/mol. The van der Waals surface area contributed by atoms with Crippen LogP contribution in [0.1, 0.15) is 19.3 Å². The Bertz CT molecular complexity index is 131. The van der Waals surface area contributed by atoms with Crippen LogP contribution in [0.15, 0.2) is 0 Å². The molecule has 3 rings (SSSR count). The van der Waals surface area contributed by atoms with Crippen molar-refractivity contribution in [2.24, 2.45) is 17.8 Å². The lowest BCUT2D eigenvalue weighted by Gasteiger charge is -2.20. The van der Waals surface area contributed by atoms with E-state index in [1.807, 2.05) is 0 Å². The molecule has 0 aromatic heterocycles. The molecule has 0 heterocycles. The monoisotopic (exact) mass is 128 g/mol. The summed E-state index contributed by atoms with van der Waals surface area (Å²) in [6, 6.07) is 0. The topological polar surface area (TPSA) is 0 Å². The molecule has 2 unspecified atom stereocenters. The van der Waals surface area contributed by atoms with E-state index >= 15 is 0 Å². The van der Waals surface area contributed by atoms with Gasteiger partial charge in [-0.2, -0.15) is 0 Å². The van der Waals surface area contributed by atoms with Gasteiger partial charge in [-0.25, -0.2) is 0 Å². The number of rotatable bonds is 0.